The zero-order valence-corrected chi connectivity index (χ0v) is 16.1. The van der Waals surface area contributed by atoms with Crippen LogP contribution >= 0.6 is 22.9 Å². The van der Waals surface area contributed by atoms with Gasteiger partial charge in [0.25, 0.3) is 5.91 Å². The molecule has 136 valence electrons. The molecule has 0 aliphatic rings. The van der Waals surface area contributed by atoms with E-state index in [1.165, 1.54) is 11.3 Å². The van der Waals surface area contributed by atoms with E-state index in [-0.39, 0.29) is 5.91 Å². The molecule has 0 aliphatic heterocycles. The number of ether oxygens (including phenoxy) is 1. The van der Waals surface area contributed by atoms with Gasteiger partial charge < -0.3 is 14.1 Å². The van der Waals surface area contributed by atoms with E-state index in [2.05, 4.69) is 4.98 Å². The smallest absolute Gasteiger partial charge is 0.273 e. The van der Waals surface area contributed by atoms with Gasteiger partial charge in [-0.15, -0.1) is 11.3 Å². The summed E-state index contributed by atoms with van der Waals surface area (Å²) < 4.78 is 10.9. The second-order valence-electron chi connectivity index (χ2n) is 5.77. The van der Waals surface area contributed by atoms with Crippen LogP contribution in [0.25, 0.3) is 10.6 Å². The van der Waals surface area contributed by atoms with Crippen molar-refractivity contribution in [1.29, 1.82) is 0 Å². The average Bonchev–Trinajstić information content (AvgIpc) is 3.31. The van der Waals surface area contributed by atoms with Gasteiger partial charge >= 0.3 is 0 Å². The van der Waals surface area contributed by atoms with Crippen LogP contribution in [0.15, 0.2) is 46.4 Å². The van der Waals surface area contributed by atoms with Crippen molar-refractivity contribution in [3.8, 4) is 16.3 Å². The molecule has 0 unspecified atom stereocenters. The first-order valence-electron chi connectivity index (χ1n) is 8.24. The molecule has 7 heteroatoms. The van der Waals surface area contributed by atoms with Gasteiger partial charge in [-0.1, -0.05) is 18.5 Å². The first kappa shape index (κ1) is 18.5. The molecule has 0 radical (unpaired) electrons. The molecule has 2 aromatic heterocycles. The van der Waals surface area contributed by atoms with Crippen LogP contribution < -0.4 is 4.74 Å². The quantitative estimate of drug-likeness (QED) is 0.562. The van der Waals surface area contributed by atoms with Crippen LogP contribution in [0.5, 0.6) is 5.75 Å². The highest BCUT2D eigenvalue weighted by Crippen LogP contribution is 2.33. The van der Waals surface area contributed by atoms with Gasteiger partial charge in [0, 0.05) is 18.0 Å². The number of rotatable bonds is 7. The van der Waals surface area contributed by atoms with Crippen molar-refractivity contribution in [2.45, 2.75) is 19.9 Å². The first-order chi connectivity index (χ1) is 12.6. The van der Waals surface area contributed by atoms with E-state index in [4.69, 9.17) is 20.8 Å². The summed E-state index contributed by atoms with van der Waals surface area (Å²) in [7, 11) is 1.72. The van der Waals surface area contributed by atoms with E-state index < -0.39 is 0 Å². The predicted molar refractivity (Wildman–Crippen MR) is 103 cm³/mol. The number of benzene rings is 1. The Morgan fingerprint density at radius 1 is 1.38 bits per heavy atom. The monoisotopic (exact) mass is 390 g/mol. The van der Waals surface area contributed by atoms with Crippen LogP contribution in [0, 0.1) is 0 Å². The van der Waals surface area contributed by atoms with Crippen molar-refractivity contribution in [2.75, 3.05) is 13.7 Å². The van der Waals surface area contributed by atoms with Crippen molar-refractivity contribution >= 4 is 28.8 Å². The van der Waals surface area contributed by atoms with Gasteiger partial charge in [0.15, 0.2) is 0 Å². The number of furan rings is 1. The number of hydrogen-bond acceptors (Lipinski definition) is 5. The van der Waals surface area contributed by atoms with Crippen molar-refractivity contribution in [1.82, 2.24) is 9.88 Å². The lowest BCUT2D eigenvalue weighted by atomic mass is 10.2. The van der Waals surface area contributed by atoms with Crippen LogP contribution in [0.3, 0.4) is 0 Å². The molecule has 0 saturated carbocycles. The van der Waals surface area contributed by atoms with Gasteiger partial charge in [0.1, 0.15) is 22.2 Å². The fourth-order valence-corrected chi connectivity index (χ4v) is 3.53. The van der Waals surface area contributed by atoms with Crippen LogP contribution in [0.4, 0.5) is 0 Å². The molecule has 26 heavy (non-hydrogen) atoms. The lowest BCUT2D eigenvalue weighted by Gasteiger charge is -2.13. The third-order valence-electron chi connectivity index (χ3n) is 3.69. The van der Waals surface area contributed by atoms with Crippen LogP contribution in [-0.2, 0) is 6.54 Å². The lowest BCUT2D eigenvalue weighted by molar-refractivity contribution is 0.0770. The summed E-state index contributed by atoms with van der Waals surface area (Å²) in [6, 6.07) is 9.14. The minimum atomic E-state index is -0.164. The molecule has 2 heterocycles. The summed E-state index contributed by atoms with van der Waals surface area (Å²) in [6.07, 6.45) is 2.52. The maximum absolute atomic E-state index is 12.5. The molecular weight excluding hydrogens is 372 g/mol. The highest BCUT2D eigenvalue weighted by atomic mass is 35.5. The Morgan fingerprint density at radius 2 is 2.23 bits per heavy atom. The number of thiazole rings is 1. The van der Waals surface area contributed by atoms with E-state index in [0.29, 0.717) is 28.9 Å². The number of carbonyl (C=O) groups excluding carboxylic acids is 1. The van der Waals surface area contributed by atoms with Crippen molar-refractivity contribution < 1.29 is 13.9 Å². The number of nitrogens with zero attached hydrogens (tertiary/aromatic N) is 2. The molecule has 0 fully saturated rings. The topological polar surface area (TPSA) is 55.6 Å². The van der Waals surface area contributed by atoms with E-state index in [9.17, 15) is 4.79 Å². The Bertz CT molecular complexity index is 877. The normalized spacial score (nSPS) is 10.7. The van der Waals surface area contributed by atoms with Gasteiger partial charge in [0.2, 0.25) is 0 Å². The molecule has 0 atom stereocenters. The maximum Gasteiger partial charge on any atom is 0.273 e. The largest absolute Gasteiger partial charge is 0.494 e. The fourth-order valence-electron chi connectivity index (χ4n) is 2.38. The minimum absolute atomic E-state index is 0.164. The zero-order chi connectivity index (χ0) is 18.5. The van der Waals surface area contributed by atoms with Crippen molar-refractivity contribution in [3.63, 3.8) is 0 Å². The molecular formula is C19H19ClN2O3S. The van der Waals surface area contributed by atoms with E-state index in [0.717, 1.165) is 23.5 Å². The van der Waals surface area contributed by atoms with Crippen molar-refractivity contribution in [2.24, 2.45) is 0 Å². The number of halogens is 1. The van der Waals surface area contributed by atoms with E-state index in [1.54, 1.807) is 35.7 Å². The Balaban J connectivity index is 1.73. The summed E-state index contributed by atoms with van der Waals surface area (Å²) in [5.41, 5.74) is 1.18. The highest BCUT2D eigenvalue weighted by Gasteiger charge is 2.18. The standard InChI is InChI=1S/C19H19ClN2O3S/c1-3-8-24-13-6-7-15(16(20)10-13)18-21-17(12-26-18)19(23)22(2)11-14-5-4-9-25-14/h4-7,9-10,12H,3,8,11H2,1-2H3. The van der Waals surface area contributed by atoms with Crippen LogP contribution in [0.2, 0.25) is 5.02 Å². The fraction of sp³-hybridized carbons (Fsp3) is 0.263. The second-order valence-corrected chi connectivity index (χ2v) is 7.03. The predicted octanol–water partition coefficient (Wildman–Crippen LogP) is 5.12. The van der Waals surface area contributed by atoms with Gasteiger partial charge in [0.05, 0.1) is 24.4 Å². The number of carbonyl (C=O) groups is 1. The summed E-state index contributed by atoms with van der Waals surface area (Å²) in [5.74, 6) is 1.29. The molecule has 0 bridgehead atoms. The average molecular weight is 391 g/mol. The van der Waals surface area contributed by atoms with E-state index in [1.807, 2.05) is 25.1 Å². The Hall–Kier alpha value is -2.31. The Labute approximate surface area is 161 Å². The Kier molecular flexibility index (Phi) is 5.96. The van der Waals surface area contributed by atoms with Crippen LogP contribution in [0.1, 0.15) is 29.6 Å². The number of hydrogen-bond donors (Lipinski definition) is 0. The van der Waals surface area contributed by atoms with Gasteiger partial charge in [-0.2, -0.15) is 0 Å². The highest BCUT2D eigenvalue weighted by molar-refractivity contribution is 7.13. The molecule has 3 aromatic rings. The third kappa shape index (κ3) is 4.26. The summed E-state index contributed by atoms with van der Waals surface area (Å²) in [6.45, 7) is 3.09. The molecule has 0 saturated heterocycles. The molecule has 0 N–H and O–H groups in total. The van der Waals surface area contributed by atoms with E-state index >= 15 is 0 Å². The first-order valence-corrected chi connectivity index (χ1v) is 9.50. The SMILES string of the molecule is CCCOc1ccc(-c2nc(C(=O)N(C)Cc3ccco3)cs2)c(Cl)c1. The second kappa shape index (κ2) is 8.38. The molecule has 0 spiro atoms. The minimum Gasteiger partial charge on any atom is -0.494 e. The van der Waals surface area contributed by atoms with Crippen LogP contribution in [-0.4, -0.2) is 29.4 Å². The summed E-state index contributed by atoms with van der Waals surface area (Å²) in [5, 5.41) is 3.00. The summed E-state index contributed by atoms with van der Waals surface area (Å²) >= 11 is 7.75. The molecule has 0 aliphatic carbocycles. The Morgan fingerprint density at radius 3 is 2.92 bits per heavy atom. The number of aromatic nitrogens is 1. The number of amides is 1. The third-order valence-corrected chi connectivity index (χ3v) is 4.88. The maximum atomic E-state index is 12.5. The molecule has 3 rings (SSSR count). The van der Waals surface area contributed by atoms with Crippen molar-refractivity contribution in [3.05, 3.63) is 58.5 Å². The van der Waals surface area contributed by atoms with Gasteiger partial charge in [-0.3, -0.25) is 4.79 Å². The molecule has 1 amide bonds. The summed E-state index contributed by atoms with van der Waals surface area (Å²) in [4.78, 5) is 18.6. The zero-order valence-electron chi connectivity index (χ0n) is 14.6. The molecule has 5 nitrogen and oxygen atoms in total. The molecule has 1 aromatic carbocycles. The lowest BCUT2D eigenvalue weighted by Crippen LogP contribution is -2.26. The van der Waals surface area contributed by atoms with Gasteiger partial charge in [-0.25, -0.2) is 4.98 Å². The van der Waals surface area contributed by atoms with Gasteiger partial charge in [-0.05, 0) is 36.8 Å².